The summed E-state index contributed by atoms with van der Waals surface area (Å²) in [4.78, 5) is 23.4. The zero-order valence-corrected chi connectivity index (χ0v) is 13.1. The first kappa shape index (κ1) is 18.6. The van der Waals surface area contributed by atoms with Crippen molar-refractivity contribution < 1.29 is 9.21 Å². The summed E-state index contributed by atoms with van der Waals surface area (Å²) < 4.78 is 4.88. The van der Waals surface area contributed by atoms with E-state index in [1.807, 2.05) is 32.9 Å². The molecule has 0 bridgehead atoms. The number of carbonyl (C=O) groups is 1. The Labute approximate surface area is 126 Å². The van der Waals surface area contributed by atoms with Crippen molar-refractivity contribution in [1.29, 1.82) is 0 Å². The third kappa shape index (κ3) is 6.52. The van der Waals surface area contributed by atoms with Crippen molar-refractivity contribution in [3.05, 3.63) is 82.5 Å². The number of hydrogen-bond donors (Lipinski definition) is 0. The third-order valence-electron chi connectivity index (χ3n) is 2.32. The Bertz CT molecular complexity index is 614. The lowest BCUT2D eigenvalue weighted by Gasteiger charge is -1.95. The summed E-state index contributed by atoms with van der Waals surface area (Å²) in [5.41, 5.74) is 0.234. The summed E-state index contributed by atoms with van der Waals surface area (Å²) in [7, 11) is 0. The zero-order chi connectivity index (χ0) is 16.3. The molecule has 0 aromatic carbocycles. The highest BCUT2D eigenvalue weighted by Gasteiger charge is 2.08. The van der Waals surface area contributed by atoms with E-state index in [9.17, 15) is 9.59 Å². The monoisotopic (exact) mass is 286 g/mol. The van der Waals surface area contributed by atoms with E-state index in [0.29, 0.717) is 5.76 Å². The van der Waals surface area contributed by atoms with E-state index >= 15 is 0 Å². The molecule has 0 amide bonds. The average Bonchev–Trinajstić information content (AvgIpc) is 2.47. The van der Waals surface area contributed by atoms with E-state index in [0.717, 1.165) is 5.57 Å². The molecule has 1 aromatic rings. The van der Waals surface area contributed by atoms with Gasteiger partial charge in [-0.25, -0.2) is 4.79 Å². The Morgan fingerprint density at radius 1 is 1.19 bits per heavy atom. The van der Waals surface area contributed by atoms with Gasteiger partial charge < -0.3 is 4.42 Å². The highest BCUT2D eigenvalue weighted by molar-refractivity contribution is 6.04. The fourth-order valence-electron chi connectivity index (χ4n) is 1.44. The quantitative estimate of drug-likeness (QED) is 0.458. The van der Waals surface area contributed by atoms with Crippen LogP contribution in [-0.4, -0.2) is 5.78 Å². The molecule has 0 saturated carbocycles. The Balaban J connectivity index is 0.00000191. The number of ketones is 1. The molecule has 0 atom stereocenters. The molecule has 3 heteroatoms. The summed E-state index contributed by atoms with van der Waals surface area (Å²) in [5.74, 6) is 0.0971. The predicted molar refractivity (Wildman–Crippen MR) is 87.6 cm³/mol. The lowest BCUT2D eigenvalue weighted by Crippen LogP contribution is -2.12. The van der Waals surface area contributed by atoms with E-state index < -0.39 is 5.63 Å². The molecule has 1 rings (SSSR count). The molecule has 0 fully saturated rings. The van der Waals surface area contributed by atoms with Crippen LogP contribution in [-0.2, 0) is 0 Å². The van der Waals surface area contributed by atoms with Crippen molar-refractivity contribution in [3.8, 4) is 0 Å². The molecule has 112 valence electrons. The fraction of sp³-hybridized carbons (Fsp3) is 0.222. The summed E-state index contributed by atoms with van der Waals surface area (Å²) in [6.07, 6.45) is 10.1. The molecular formula is C18H22O3. The second-order valence-corrected chi connectivity index (χ2v) is 3.85. The minimum absolute atomic E-state index is 0.0280. The molecule has 0 spiro atoms. The highest BCUT2D eigenvalue weighted by Crippen LogP contribution is 2.03. The zero-order valence-electron chi connectivity index (χ0n) is 13.1. The maximum Gasteiger partial charge on any atom is 0.347 e. The largest absolute Gasteiger partial charge is 0.428 e. The minimum Gasteiger partial charge on any atom is -0.428 e. The molecule has 0 unspecified atom stereocenters. The normalized spacial score (nSPS) is 11.3. The van der Waals surface area contributed by atoms with Crippen molar-refractivity contribution >= 4 is 5.78 Å². The Morgan fingerprint density at radius 2 is 1.86 bits per heavy atom. The van der Waals surface area contributed by atoms with Crippen molar-refractivity contribution in [1.82, 2.24) is 0 Å². The highest BCUT2D eigenvalue weighted by atomic mass is 16.4. The minimum atomic E-state index is -0.616. The van der Waals surface area contributed by atoms with Gasteiger partial charge in [-0.3, -0.25) is 4.79 Å². The van der Waals surface area contributed by atoms with Gasteiger partial charge in [0, 0.05) is 0 Å². The van der Waals surface area contributed by atoms with Crippen molar-refractivity contribution in [3.63, 3.8) is 0 Å². The van der Waals surface area contributed by atoms with Crippen LogP contribution < -0.4 is 5.63 Å². The predicted octanol–water partition coefficient (Wildman–Crippen LogP) is 4.40. The first-order valence-electron chi connectivity index (χ1n) is 6.87. The number of rotatable bonds is 5. The second-order valence-electron chi connectivity index (χ2n) is 3.85. The lowest BCUT2D eigenvalue weighted by atomic mass is 10.1. The van der Waals surface area contributed by atoms with E-state index in [1.165, 1.54) is 12.1 Å². The standard InChI is InChI=1S/C16H16O3.C2H6/c1-4-6-13(7-5-2)9-11-15(17)14-10-8-12(3)19-16(14)18;1-2/h4-11H,1H2,2-3H3;1-2H3/b7-5-,11-9+,13-6+;. The summed E-state index contributed by atoms with van der Waals surface area (Å²) in [5, 5.41) is 0. The third-order valence-corrected chi connectivity index (χ3v) is 2.32. The molecule has 3 nitrogen and oxygen atoms in total. The molecular weight excluding hydrogens is 264 g/mol. The van der Waals surface area contributed by atoms with Crippen molar-refractivity contribution in [2.45, 2.75) is 27.7 Å². The Morgan fingerprint density at radius 3 is 2.38 bits per heavy atom. The van der Waals surface area contributed by atoms with Gasteiger partial charge in [-0.1, -0.05) is 50.8 Å². The topological polar surface area (TPSA) is 47.3 Å². The molecule has 0 aliphatic heterocycles. The molecule has 1 heterocycles. The molecule has 0 saturated heterocycles. The van der Waals surface area contributed by atoms with Crippen LogP contribution in [0.15, 0.2) is 70.0 Å². The fourth-order valence-corrected chi connectivity index (χ4v) is 1.44. The van der Waals surface area contributed by atoms with Crippen molar-refractivity contribution in [2.75, 3.05) is 0 Å². The van der Waals surface area contributed by atoms with Gasteiger partial charge in [0.05, 0.1) is 0 Å². The van der Waals surface area contributed by atoms with E-state index in [4.69, 9.17) is 4.42 Å². The maximum absolute atomic E-state index is 11.9. The molecule has 21 heavy (non-hydrogen) atoms. The summed E-state index contributed by atoms with van der Waals surface area (Å²) in [6, 6.07) is 3.06. The SMILES string of the molecule is C=C/C=C(\C=C/C)/C=C/C(=O)c1ccc(C)oc1=O.CC. The van der Waals surface area contributed by atoms with Gasteiger partial charge in [0.15, 0.2) is 5.78 Å². The molecule has 0 aliphatic carbocycles. The van der Waals surface area contributed by atoms with Gasteiger partial charge >= 0.3 is 5.63 Å². The van der Waals surface area contributed by atoms with Crippen molar-refractivity contribution in [2.24, 2.45) is 0 Å². The number of allylic oxidation sites excluding steroid dienone is 7. The van der Waals surface area contributed by atoms with E-state index in [2.05, 4.69) is 6.58 Å². The Kier molecular flexibility index (Phi) is 9.18. The van der Waals surface area contributed by atoms with E-state index in [-0.39, 0.29) is 11.3 Å². The van der Waals surface area contributed by atoms with Crippen LogP contribution in [0, 0.1) is 6.92 Å². The van der Waals surface area contributed by atoms with Crippen LogP contribution in [0.1, 0.15) is 36.9 Å². The molecule has 1 aromatic heterocycles. The average molecular weight is 286 g/mol. The molecule has 0 aliphatic rings. The second kappa shape index (κ2) is 10.4. The van der Waals surface area contributed by atoms with Crippen LogP contribution in [0.25, 0.3) is 0 Å². The van der Waals surface area contributed by atoms with Crippen LogP contribution in [0.3, 0.4) is 0 Å². The summed E-state index contributed by atoms with van der Waals surface area (Å²) in [6.45, 7) is 11.1. The van der Waals surface area contributed by atoms with Gasteiger partial charge in [-0.15, -0.1) is 0 Å². The number of carbonyl (C=O) groups excluding carboxylic acids is 1. The van der Waals surface area contributed by atoms with E-state index in [1.54, 1.807) is 31.2 Å². The number of aryl methyl sites for hydroxylation is 1. The maximum atomic E-state index is 11.9. The van der Waals surface area contributed by atoms with Gasteiger partial charge in [0.25, 0.3) is 0 Å². The smallest absolute Gasteiger partial charge is 0.347 e. The van der Waals surface area contributed by atoms with Crippen LogP contribution in [0.2, 0.25) is 0 Å². The van der Waals surface area contributed by atoms with Gasteiger partial charge in [0.1, 0.15) is 11.3 Å². The molecule has 0 radical (unpaired) electrons. The number of hydrogen-bond acceptors (Lipinski definition) is 3. The Hall–Kier alpha value is -2.42. The van der Waals surface area contributed by atoms with Crippen LogP contribution in [0.4, 0.5) is 0 Å². The van der Waals surface area contributed by atoms with Gasteiger partial charge in [-0.05, 0) is 37.6 Å². The molecule has 0 N–H and O–H groups in total. The first-order valence-corrected chi connectivity index (χ1v) is 6.87. The first-order chi connectivity index (χ1) is 10.1. The van der Waals surface area contributed by atoms with Gasteiger partial charge in [-0.2, -0.15) is 0 Å². The van der Waals surface area contributed by atoms with Gasteiger partial charge in [0.2, 0.25) is 0 Å². The van der Waals surface area contributed by atoms with Crippen LogP contribution >= 0.6 is 0 Å². The summed E-state index contributed by atoms with van der Waals surface area (Å²) >= 11 is 0. The van der Waals surface area contributed by atoms with Crippen LogP contribution in [0.5, 0.6) is 0 Å². The lowest BCUT2D eigenvalue weighted by molar-refractivity contribution is 0.104.